The minimum Gasteiger partial charge on any atom is -0.391 e. The summed E-state index contributed by atoms with van der Waals surface area (Å²) < 4.78 is 33.4. The van der Waals surface area contributed by atoms with E-state index >= 15 is 0 Å². The van der Waals surface area contributed by atoms with Gasteiger partial charge >= 0.3 is 7.82 Å². The van der Waals surface area contributed by atoms with Gasteiger partial charge in [0.05, 0.1) is 47.1 Å². The molecule has 0 rings (SSSR count). The molecule has 0 aromatic carbocycles. The van der Waals surface area contributed by atoms with Crippen molar-refractivity contribution in [1.82, 2.24) is 0 Å². The van der Waals surface area contributed by atoms with E-state index in [1.807, 2.05) is 21.1 Å². The maximum Gasteiger partial charge on any atom is 0.472 e. The SMILES string of the molecule is CCCCCCCCCCCCCCC(O)COCC(COP(=O)(O)OCC[N+](C)(C)C)OC. The molecule has 0 aliphatic heterocycles. The number of methoxy groups -OCH3 is 1. The molecule has 0 aromatic heterocycles. The Morgan fingerprint density at radius 3 is 1.82 bits per heavy atom. The number of aliphatic hydroxyl groups excluding tert-OH is 1. The second-order valence-corrected chi connectivity index (χ2v) is 11.8. The number of unbranched alkanes of at least 4 members (excludes halogenated alkanes) is 11. The van der Waals surface area contributed by atoms with E-state index in [4.69, 9.17) is 18.5 Å². The van der Waals surface area contributed by atoms with Gasteiger partial charge in [0.15, 0.2) is 0 Å². The molecule has 0 fully saturated rings. The van der Waals surface area contributed by atoms with E-state index in [-0.39, 0.29) is 26.4 Å². The van der Waals surface area contributed by atoms with Crippen molar-refractivity contribution in [2.75, 3.05) is 61.2 Å². The summed E-state index contributed by atoms with van der Waals surface area (Å²) in [6, 6.07) is 0. The Labute approximate surface area is 209 Å². The number of phosphoric acid groups is 1. The van der Waals surface area contributed by atoms with Crippen LogP contribution in [0.25, 0.3) is 0 Å². The topological polar surface area (TPSA) is 94.5 Å². The molecule has 9 heteroatoms. The molecule has 0 saturated carbocycles. The van der Waals surface area contributed by atoms with E-state index in [0.29, 0.717) is 11.0 Å². The summed E-state index contributed by atoms with van der Waals surface area (Å²) in [5.41, 5.74) is 0. The number of aliphatic hydroxyl groups is 1. The van der Waals surface area contributed by atoms with Crippen LogP contribution in [0.2, 0.25) is 0 Å². The molecule has 2 N–H and O–H groups in total. The monoisotopic (exact) mass is 512 g/mol. The molecule has 0 aromatic rings. The van der Waals surface area contributed by atoms with E-state index in [2.05, 4.69) is 6.92 Å². The van der Waals surface area contributed by atoms with Gasteiger partial charge in [0.1, 0.15) is 19.3 Å². The molecule has 0 bridgehead atoms. The van der Waals surface area contributed by atoms with Crippen LogP contribution in [-0.2, 0) is 23.1 Å². The van der Waals surface area contributed by atoms with E-state index in [9.17, 15) is 14.6 Å². The number of quaternary nitrogens is 1. The lowest BCUT2D eigenvalue weighted by Crippen LogP contribution is -2.37. The zero-order valence-electron chi connectivity index (χ0n) is 22.7. The first-order chi connectivity index (χ1) is 16.1. The van der Waals surface area contributed by atoms with Crippen LogP contribution in [0.1, 0.15) is 90.4 Å². The third-order valence-electron chi connectivity index (χ3n) is 5.78. The van der Waals surface area contributed by atoms with Crippen LogP contribution in [0.4, 0.5) is 0 Å². The van der Waals surface area contributed by atoms with Gasteiger partial charge in [0.25, 0.3) is 0 Å². The smallest absolute Gasteiger partial charge is 0.391 e. The number of phosphoric ester groups is 1. The van der Waals surface area contributed by atoms with Crippen LogP contribution >= 0.6 is 7.82 Å². The fourth-order valence-electron chi connectivity index (χ4n) is 3.47. The lowest BCUT2D eigenvalue weighted by Gasteiger charge is -2.24. The van der Waals surface area contributed by atoms with Crippen molar-refractivity contribution >= 4 is 7.82 Å². The Kier molecular flexibility index (Phi) is 21.0. The maximum atomic E-state index is 12.0. The predicted molar refractivity (Wildman–Crippen MR) is 138 cm³/mol. The predicted octanol–water partition coefficient (Wildman–Crippen LogP) is 5.31. The third kappa shape index (κ3) is 23.7. The number of hydrogen-bond donors (Lipinski definition) is 2. The van der Waals surface area contributed by atoms with E-state index in [0.717, 1.165) is 19.3 Å². The molecule has 0 aliphatic rings. The standard InChI is InChI=1S/C25H54NO7P/c1-6-7-8-9-10-11-12-13-14-15-16-17-18-24(27)21-31-22-25(30-5)23-33-34(28,29)32-20-19-26(2,3)4/h24-25,27H,6-23H2,1-5H3/p+1. The zero-order valence-corrected chi connectivity index (χ0v) is 23.6. The van der Waals surface area contributed by atoms with Gasteiger partial charge in [-0.05, 0) is 6.42 Å². The lowest BCUT2D eigenvalue weighted by molar-refractivity contribution is -0.870. The van der Waals surface area contributed by atoms with Crippen LogP contribution in [0.3, 0.4) is 0 Å². The number of ether oxygens (including phenoxy) is 2. The van der Waals surface area contributed by atoms with Gasteiger partial charge in [-0.3, -0.25) is 9.05 Å². The zero-order chi connectivity index (χ0) is 25.7. The molecule has 0 aliphatic carbocycles. The van der Waals surface area contributed by atoms with Gasteiger partial charge in [-0.1, -0.05) is 84.0 Å². The quantitative estimate of drug-likeness (QED) is 0.0972. The molecule has 0 amide bonds. The highest BCUT2D eigenvalue weighted by Crippen LogP contribution is 2.43. The minimum absolute atomic E-state index is 0.122. The Hall–Kier alpha value is -0.0500. The van der Waals surface area contributed by atoms with Crippen molar-refractivity contribution in [3.8, 4) is 0 Å². The Morgan fingerprint density at radius 2 is 1.32 bits per heavy atom. The summed E-state index contributed by atoms with van der Waals surface area (Å²) in [6.45, 7) is 3.23. The third-order valence-corrected chi connectivity index (χ3v) is 6.76. The normalized spacial score (nSPS) is 15.9. The summed E-state index contributed by atoms with van der Waals surface area (Å²) in [7, 11) is 3.27. The van der Waals surface area contributed by atoms with Gasteiger partial charge in [0.2, 0.25) is 0 Å². The number of likely N-dealkylation sites (N-methyl/N-ethyl adjacent to an activating group) is 1. The van der Waals surface area contributed by atoms with E-state index in [1.54, 1.807) is 0 Å². The number of rotatable bonds is 25. The van der Waals surface area contributed by atoms with Crippen LogP contribution in [0, 0.1) is 0 Å². The van der Waals surface area contributed by atoms with Gasteiger partial charge in [-0.15, -0.1) is 0 Å². The van der Waals surface area contributed by atoms with Gasteiger partial charge in [-0.2, -0.15) is 0 Å². The van der Waals surface area contributed by atoms with Crippen molar-refractivity contribution < 1.29 is 37.6 Å². The van der Waals surface area contributed by atoms with Gasteiger partial charge < -0.3 is 24.0 Å². The maximum absolute atomic E-state index is 12.0. The molecule has 3 unspecified atom stereocenters. The highest BCUT2D eigenvalue weighted by atomic mass is 31.2. The summed E-state index contributed by atoms with van der Waals surface area (Å²) in [5.74, 6) is 0. The Morgan fingerprint density at radius 1 is 0.794 bits per heavy atom. The highest BCUT2D eigenvalue weighted by Gasteiger charge is 2.24. The second kappa shape index (κ2) is 21.1. The second-order valence-electron chi connectivity index (χ2n) is 10.3. The molecule has 0 heterocycles. The Bertz CT molecular complexity index is 502. The summed E-state index contributed by atoms with van der Waals surface area (Å²) in [5, 5.41) is 10.1. The molecular formula is C25H55NO7P+. The molecule has 206 valence electrons. The fourth-order valence-corrected chi connectivity index (χ4v) is 4.21. The molecule has 0 radical (unpaired) electrons. The first-order valence-electron chi connectivity index (χ1n) is 13.3. The first kappa shape index (κ1) is 34.0. The van der Waals surface area contributed by atoms with Crippen molar-refractivity contribution in [3.63, 3.8) is 0 Å². The molecule has 8 nitrogen and oxygen atoms in total. The Balaban J connectivity index is 3.69. The van der Waals surface area contributed by atoms with Crippen LogP contribution in [0.15, 0.2) is 0 Å². The van der Waals surface area contributed by atoms with Crippen molar-refractivity contribution in [2.45, 2.75) is 103 Å². The molecule has 0 spiro atoms. The van der Waals surface area contributed by atoms with Gasteiger partial charge in [-0.25, -0.2) is 4.57 Å². The average molecular weight is 513 g/mol. The van der Waals surface area contributed by atoms with Crippen molar-refractivity contribution in [2.24, 2.45) is 0 Å². The molecular weight excluding hydrogens is 457 g/mol. The molecule has 3 atom stereocenters. The average Bonchev–Trinajstić information content (AvgIpc) is 2.75. The largest absolute Gasteiger partial charge is 0.472 e. The summed E-state index contributed by atoms with van der Waals surface area (Å²) in [6.07, 6.45) is 15.2. The summed E-state index contributed by atoms with van der Waals surface area (Å²) >= 11 is 0. The first-order valence-corrected chi connectivity index (χ1v) is 14.8. The summed E-state index contributed by atoms with van der Waals surface area (Å²) in [4.78, 5) is 9.78. The number of nitrogens with zero attached hydrogens (tertiary/aromatic N) is 1. The van der Waals surface area contributed by atoms with E-state index < -0.39 is 20.0 Å². The van der Waals surface area contributed by atoms with Crippen molar-refractivity contribution in [1.29, 1.82) is 0 Å². The highest BCUT2D eigenvalue weighted by molar-refractivity contribution is 7.47. The van der Waals surface area contributed by atoms with Crippen LogP contribution in [0.5, 0.6) is 0 Å². The van der Waals surface area contributed by atoms with Gasteiger partial charge in [0, 0.05) is 7.11 Å². The molecule has 34 heavy (non-hydrogen) atoms. The van der Waals surface area contributed by atoms with E-state index in [1.165, 1.54) is 71.3 Å². The van der Waals surface area contributed by atoms with Crippen molar-refractivity contribution in [3.05, 3.63) is 0 Å². The minimum atomic E-state index is -4.13. The molecule has 0 saturated heterocycles. The van der Waals surface area contributed by atoms with Crippen LogP contribution in [-0.4, -0.2) is 87.9 Å². The lowest BCUT2D eigenvalue weighted by atomic mass is 10.0. The number of hydrogen-bond acceptors (Lipinski definition) is 6. The van der Waals surface area contributed by atoms with Crippen LogP contribution < -0.4 is 0 Å². The fraction of sp³-hybridized carbons (Fsp3) is 1.00.